The minimum atomic E-state index is -1.11. The molecule has 1 saturated heterocycles. The van der Waals surface area contributed by atoms with E-state index in [1.807, 2.05) is 30.3 Å². The zero-order valence-electron chi connectivity index (χ0n) is 14.9. The number of benzene rings is 1. The van der Waals surface area contributed by atoms with Crippen LogP contribution in [0, 0.1) is 0 Å². The second-order valence-corrected chi connectivity index (χ2v) is 6.93. The van der Waals surface area contributed by atoms with Crippen molar-refractivity contribution >= 4 is 28.0 Å². The number of halogens is 1. The largest absolute Gasteiger partial charge is 0.480 e. The Kier molecular flexibility index (Phi) is 6.61. The second kappa shape index (κ2) is 9.13. The van der Waals surface area contributed by atoms with Gasteiger partial charge in [0, 0.05) is 18.2 Å². The van der Waals surface area contributed by atoms with Crippen LogP contribution in [-0.4, -0.2) is 47.0 Å². The highest BCUT2D eigenvalue weighted by molar-refractivity contribution is 9.10. The Bertz CT molecular complexity index is 834. The summed E-state index contributed by atoms with van der Waals surface area (Å²) in [6.45, 7) is -0.299. The maximum atomic E-state index is 12.5. The fourth-order valence-corrected chi connectivity index (χ4v) is 3.54. The Balaban J connectivity index is 1.76. The highest BCUT2D eigenvalue weighted by atomic mass is 79.9. The number of carboxylic acid groups (broad SMARTS) is 1. The lowest BCUT2D eigenvalue weighted by molar-refractivity contribution is -0.230. The van der Waals surface area contributed by atoms with Gasteiger partial charge < -0.3 is 14.6 Å². The zero-order valence-corrected chi connectivity index (χ0v) is 16.5. The number of hydroxylamine groups is 2. The number of carboxylic acids is 1. The first-order valence-corrected chi connectivity index (χ1v) is 9.37. The van der Waals surface area contributed by atoms with E-state index in [4.69, 9.17) is 19.4 Å². The first kappa shape index (κ1) is 20.2. The van der Waals surface area contributed by atoms with Crippen molar-refractivity contribution < 1.29 is 29.0 Å². The Morgan fingerprint density at radius 3 is 2.75 bits per heavy atom. The van der Waals surface area contributed by atoms with Gasteiger partial charge in [0.1, 0.15) is 23.4 Å². The van der Waals surface area contributed by atoms with Crippen LogP contribution >= 0.6 is 15.9 Å². The first-order valence-electron chi connectivity index (χ1n) is 8.58. The van der Waals surface area contributed by atoms with E-state index in [2.05, 4.69) is 20.9 Å². The molecule has 1 aliphatic heterocycles. The lowest BCUT2D eigenvalue weighted by Gasteiger charge is -2.41. The molecule has 9 heteroatoms. The highest BCUT2D eigenvalue weighted by Crippen LogP contribution is 2.37. The topological polar surface area (TPSA) is 98.2 Å². The molecule has 1 aromatic carbocycles. The predicted molar refractivity (Wildman–Crippen MR) is 101 cm³/mol. The van der Waals surface area contributed by atoms with E-state index in [0.29, 0.717) is 16.6 Å². The van der Waals surface area contributed by atoms with Gasteiger partial charge in [-0.1, -0.05) is 36.4 Å². The number of nitrogens with zero attached hydrogens (tertiary/aromatic N) is 2. The maximum absolute atomic E-state index is 12.5. The van der Waals surface area contributed by atoms with Gasteiger partial charge in [0.25, 0.3) is 0 Å². The summed E-state index contributed by atoms with van der Waals surface area (Å²) in [6.07, 6.45) is 1.28. The molecule has 0 aliphatic carbocycles. The summed E-state index contributed by atoms with van der Waals surface area (Å²) in [5.41, 5.74) is 0.395. The molecule has 1 N–H and O–H groups in total. The summed E-state index contributed by atoms with van der Waals surface area (Å²) in [7, 11) is 0. The molecular formula is C19H19BrN2O6. The number of pyridine rings is 1. The van der Waals surface area contributed by atoms with Gasteiger partial charge in [0.15, 0.2) is 0 Å². The first-order chi connectivity index (χ1) is 13.5. The van der Waals surface area contributed by atoms with Gasteiger partial charge in [0.05, 0.1) is 13.2 Å². The molecule has 2 heterocycles. The molecule has 1 aromatic heterocycles. The van der Waals surface area contributed by atoms with Gasteiger partial charge in [-0.25, -0.2) is 14.6 Å². The van der Waals surface area contributed by atoms with Crippen LogP contribution in [0.3, 0.4) is 0 Å². The Morgan fingerprint density at radius 1 is 1.25 bits per heavy atom. The van der Waals surface area contributed by atoms with Crippen LogP contribution in [0.1, 0.15) is 17.5 Å². The average Bonchev–Trinajstić information content (AvgIpc) is 2.72. The Labute approximate surface area is 170 Å². The van der Waals surface area contributed by atoms with E-state index < -0.39 is 24.3 Å². The van der Waals surface area contributed by atoms with Gasteiger partial charge in [-0.2, -0.15) is 5.06 Å². The molecule has 148 valence electrons. The number of carbonyl (C=O) groups is 2. The van der Waals surface area contributed by atoms with Gasteiger partial charge in [-0.05, 0) is 27.6 Å². The fraction of sp³-hybridized carbons (Fsp3) is 0.316. The number of rotatable bonds is 6. The summed E-state index contributed by atoms with van der Waals surface area (Å²) in [4.78, 5) is 33.2. The summed E-state index contributed by atoms with van der Waals surface area (Å²) in [5, 5.41) is 10.1. The maximum Gasteiger partial charge on any atom is 0.434 e. The molecule has 0 bridgehead atoms. The molecule has 3 rings (SSSR count). The van der Waals surface area contributed by atoms with Gasteiger partial charge in [-0.3, -0.25) is 4.84 Å². The number of aliphatic carboxylic acids is 1. The van der Waals surface area contributed by atoms with Crippen molar-refractivity contribution in [3.63, 3.8) is 0 Å². The van der Waals surface area contributed by atoms with Crippen LogP contribution in [0.25, 0.3) is 0 Å². The van der Waals surface area contributed by atoms with E-state index in [1.54, 1.807) is 18.3 Å². The Hall–Kier alpha value is -2.49. The summed E-state index contributed by atoms with van der Waals surface area (Å²) >= 11 is 3.38. The number of hydrogen-bond acceptors (Lipinski definition) is 6. The van der Waals surface area contributed by atoms with E-state index in [9.17, 15) is 9.59 Å². The quantitative estimate of drug-likeness (QED) is 0.674. The third kappa shape index (κ3) is 4.86. The zero-order chi connectivity index (χ0) is 20.0. The average molecular weight is 451 g/mol. The monoisotopic (exact) mass is 450 g/mol. The minimum absolute atomic E-state index is 0.0296. The molecule has 1 amide bonds. The van der Waals surface area contributed by atoms with Crippen molar-refractivity contribution in [1.82, 2.24) is 10.0 Å². The van der Waals surface area contributed by atoms with Crippen molar-refractivity contribution in [2.45, 2.75) is 18.6 Å². The lowest BCUT2D eigenvalue weighted by Crippen LogP contribution is -2.51. The lowest BCUT2D eigenvalue weighted by atomic mass is 9.90. The second-order valence-electron chi connectivity index (χ2n) is 6.18. The van der Waals surface area contributed by atoms with Crippen LogP contribution < -0.4 is 0 Å². The molecule has 0 radical (unpaired) electrons. The van der Waals surface area contributed by atoms with Crippen molar-refractivity contribution in [3.05, 3.63) is 64.4 Å². The van der Waals surface area contributed by atoms with Crippen LogP contribution in [-0.2, 0) is 31.3 Å². The molecule has 0 spiro atoms. The Morgan fingerprint density at radius 2 is 2.04 bits per heavy atom. The van der Waals surface area contributed by atoms with Crippen LogP contribution in [0.5, 0.6) is 0 Å². The number of ether oxygens (including phenoxy) is 2. The number of hydrogen-bond donors (Lipinski definition) is 1. The molecule has 28 heavy (non-hydrogen) atoms. The van der Waals surface area contributed by atoms with Crippen molar-refractivity contribution in [3.8, 4) is 0 Å². The van der Waals surface area contributed by atoms with Crippen LogP contribution in [0.4, 0.5) is 4.79 Å². The molecule has 0 saturated carbocycles. The van der Waals surface area contributed by atoms with Crippen molar-refractivity contribution in [2.75, 3.05) is 19.8 Å². The molecular weight excluding hydrogens is 432 g/mol. The van der Waals surface area contributed by atoms with E-state index in [0.717, 1.165) is 10.6 Å². The van der Waals surface area contributed by atoms with Crippen LogP contribution in [0.15, 0.2) is 53.3 Å². The number of carbonyl (C=O) groups excluding carboxylic acids is 1. The minimum Gasteiger partial charge on any atom is -0.480 e. The SMILES string of the molecule is O=C(O)COC1(c2cccnc2Br)CCON(C(=O)OCc2ccccc2)C1. The van der Waals surface area contributed by atoms with Gasteiger partial charge in [0.2, 0.25) is 0 Å². The van der Waals surface area contributed by atoms with Gasteiger partial charge >= 0.3 is 12.1 Å². The number of aromatic nitrogens is 1. The van der Waals surface area contributed by atoms with E-state index in [-0.39, 0.29) is 19.8 Å². The van der Waals surface area contributed by atoms with Gasteiger partial charge in [-0.15, -0.1) is 0 Å². The van der Waals surface area contributed by atoms with Crippen molar-refractivity contribution in [1.29, 1.82) is 0 Å². The summed E-state index contributed by atoms with van der Waals surface area (Å²) in [5.74, 6) is -1.11. The fourth-order valence-electron chi connectivity index (χ4n) is 2.93. The number of amides is 1. The van der Waals surface area contributed by atoms with Crippen LogP contribution in [0.2, 0.25) is 0 Å². The molecule has 1 fully saturated rings. The molecule has 2 aromatic rings. The third-order valence-corrected chi connectivity index (χ3v) is 4.91. The third-order valence-electron chi connectivity index (χ3n) is 4.28. The molecule has 1 aliphatic rings. The van der Waals surface area contributed by atoms with E-state index >= 15 is 0 Å². The van der Waals surface area contributed by atoms with E-state index in [1.165, 1.54) is 0 Å². The van der Waals surface area contributed by atoms with Crippen molar-refractivity contribution in [2.24, 2.45) is 0 Å². The normalized spacial score (nSPS) is 19.2. The molecule has 8 nitrogen and oxygen atoms in total. The smallest absolute Gasteiger partial charge is 0.434 e. The molecule has 1 unspecified atom stereocenters. The molecule has 1 atom stereocenters. The summed E-state index contributed by atoms with van der Waals surface area (Å²) in [6, 6.07) is 12.8. The standard InChI is InChI=1S/C19H19BrN2O6/c20-17-15(7-4-9-21-17)19(27-12-16(23)24)8-10-28-22(13-19)18(25)26-11-14-5-2-1-3-6-14/h1-7,9H,8,10-13H2,(H,23,24). The highest BCUT2D eigenvalue weighted by Gasteiger charge is 2.43. The predicted octanol–water partition coefficient (Wildman–Crippen LogP) is 3.11. The summed E-state index contributed by atoms with van der Waals surface area (Å²) < 4.78 is 11.6.